The number of carbonyl (C=O) groups excluding carboxylic acids is 7. The van der Waals surface area contributed by atoms with Gasteiger partial charge in [-0.2, -0.15) is 0 Å². The van der Waals surface area contributed by atoms with Crippen molar-refractivity contribution in [3.8, 4) is 33.8 Å². The van der Waals surface area contributed by atoms with Crippen LogP contribution in [0.15, 0.2) is 219 Å². The van der Waals surface area contributed by atoms with Crippen LogP contribution in [0.4, 0.5) is 36.2 Å². The zero-order valence-corrected chi connectivity index (χ0v) is 70.0. The number of non-ortho nitro benzene ring substituents is 3. The number of alkyl carbamates (subject to hydrolysis) is 3. The van der Waals surface area contributed by atoms with E-state index in [0.29, 0.717) is 23.1 Å². The third kappa shape index (κ3) is 45.0. The standard InChI is InChI=1S/C27H38N4O5.C24H24N4O6.C13H11NO2.C11H15N3O5.C8H6ClNO4.C3H10N2O/c1-18(2)13-23(31-26(35)36-27(3,4)5)25(34)30-17-21(32)16-29-24(33)15-19-9-8-10-20(14-19)22-11-6-7-12-28-22;29-21(15-27-24(31)34-16-17-7-9-20(10-8-17)28(32)33)14-26-23(30)13-18-4-3-5-19(12-18)22-6-1-2-11-25-22;15-13(16)9-10-4-3-5-11(8-10)12-6-1-2-7-14-12;12-5-10(15)6-13-11(16)19-7-8-1-3-9(4-2-8)14(17)18;9-8(11)14-5-6-1-3-7(4-2-6)10(12)13;4-1-3(6)2-5/h6-12,14,18,21,23,32H,13,15-17H2,1-5H3,(H,29,33)(H,30,34)(H,31,35);1-12,21,29H,13-16H2,(H,26,30)(H,27,31);1-8H,9H2,(H,15,16);1-4,10,15H,5-7,12H2,(H,13,16);1-4H,5H2;3,6H,1-2,4-5H2/t21?,23-;;;;;/m0...../s1. The number of aromatic nitrogens is 3. The number of nitro groups is 3. The van der Waals surface area contributed by atoms with Gasteiger partial charge in [-0.1, -0.05) is 86.6 Å². The molecule has 0 spiro atoms. The number of carboxylic acid groups (broad SMARTS) is 1. The summed E-state index contributed by atoms with van der Waals surface area (Å²) in [5.74, 6) is -1.61. The van der Waals surface area contributed by atoms with Crippen LogP contribution in [-0.2, 0) is 77.2 Å². The third-order valence-corrected chi connectivity index (χ3v) is 16.5. The molecule has 38 nitrogen and oxygen atoms in total. The number of aliphatic hydroxyl groups excluding tert-OH is 4. The number of pyridine rings is 3. The number of amides is 6. The molecule has 125 heavy (non-hydrogen) atoms. The number of aliphatic hydroxyl groups is 4. The van der Waals surface area contributed by atoms with Crippen molar-refractivity contribution >= 4 is 76.1 Å². The van der Waals surface area contributed by atoms with E-state index in [0.717, 1.165) is 50.5 Å². The molecule has 9 aromatic rings. The monoisotopic (exact) mass is 1750 g/mol. The van der Waals surface area contributed by atoms with Crippen molar-refractivity contribution < 1.29 is 97.6 Å². The number of halogens is 1. The highest BCUT2D eigenvalue weighted by molar-refractivity contribution is 6.61. The SMILES string of the molecule is CC(C)C[C@H](NC(=O)OC(C)(C)C)C(=O)NCC(O)CNC(=O)Cc1cccc(-c2ccccn2)c1.NCC(O)CN.NCC(O)CNC(=O)OCc1ccc([N+](=O)[O-])cc1.O=C(Cc1cccc(-c2ccccn2)c1)NCC(O)CNC(=O)OCc1ccc([N+](=O)[O-])cc1.O=C(Cl)OCc1ccc([N+](=O)[O-])cc1.O=C(O)Cc1cccc(-c2ccccn2)c1. The van der Waals surface area contributed by atoms with Gasteiger partial charge in [0.2, 0.25) is 17.7 Å². The smallest absolute Gasteiger partial charge is 0.408 e. The van der Waals surface area contributed by atoms with E-state index in [-0.39, 0.29) is 126 Å². The predicted octanol–water partition coefficient (Wildman–Crippen LogP) is 8.68. The molecule has 0 bridgehead atoms. The summed E-state index contributed by atoms with van der Waals surface area (Å²) in [5, 5.41) is 93.2. The van der Waals surface area contributed by atoms with Crippen molar-refractivity contribution in [1.82, 2.24) is 46.9 Å². The minimum absolute atomic E-state index is 0.00838. The molecule has 0 saturated carbocycles. The molecule has 17 N–H and O–H groups in total. The van der Waals surface area contributed by atoms with Gasteiger partial charge in [0.25, 0.3) is 17.1 Å². The summed E-state index contributed by atoms with van der Waals surface area (Å²) in [6.45, 7) is 9.36. The molecule has 0 aliphatic heterocycles. The second-order valence-electron chi connectivity index (χ2n) is 28.4. The van der Waals surface area contributed by atoms with Gasteiger partial charge in [0, 0.05) is 136 Å². The molecular weight excluding hydrogens is 1650 g/mol. The van der Waals surface area contributed by atoms with Crippen LogP contribution < -0.4 is 49.1 Å². The minimum Gasteiger partial charge on any atom is -0.481 e. The molecule has 0 fully saturated rings. The number of carboxylic acids is 1. The second kappa shape index (κ2) is 56.7. The van der Waals surface area contributed by atoms with Gasteiger partial charge >= 0.3 is 29.7 Å². The van der Waals surface area contributed by atoms with Gasteiger partial charge in [0.05, 0.1) is 75.5 Å². The molecule has 3 heterocycles. The van der Waals surface area contributed by atoms with E-state index in [9.17, 15) is 78.9 Å². The molecule has 0 aliphatic carbocycles. The van der Waals surface area contributed by atoms with Gasteiger partial charge < -0.3 is 93.6 Å². The maximum absolute atomic E-state index is 12.6. The molecule has 0 radical (unpaired) electrons. The number of benzene rings is 6. The van der Waals surface area contributed by atoms with Crippen LogP contribution in [0.25, 0.3) is 33.8 Å². The van der Waals surface area contributed by atoms with Crippen molar-refractivity contribution in [1.29, 1.82) is 0 Å². The first kappa shape index (κ1) is 103. The molecule has 668 valence electrons. The van der Waals surface area contributed by atoms with Gasteiger partial charge in [0.15, 0.2) is 0 Å². The lowest BCUT2D eigenvalue weighted by atomic mass is 10.0. The van der Waals surface area contributed by atoms with Crippen LogP contribution >= 0.6 is 11.6 Å². The number of rotatable bonds is 35. The highest BCUT2D eigenvalue weighted by atomic mass is 35.5. The first-order chi connectivity index (χ1) is 59.5. The number of hydrogen-bond donors (Lipinski definition) is 14. The fourth-order valence-electron chi connectivity index (χ4n) is 10.2. The van der Waals surface area contributed by atoms with E-state index in [1.165, 1.54) is 72.8 Å². The number of hydrogen-bond acceptors (Lipinski definition) is 28. The van der Waals surface area contributed by atoms with Crippen LogP contribution in [0.5, 0.6) is 0 Å². The van der Waals surface area contributed by atoms with Crippen molar-refractivity contribution in [3.63, 3.8) is 0 Å². The molecule has 0 saturated heterocycles. The summed E-state index contributed by atoms with van der Waals surface area (Å²) in [4.78, 5) is 136. The number of ether oxygens (including phenoxy) is 4. The highest BCUT2D eigenvalue weighted by Gasteiger charge is 2.26. The summed E-state index contributed by atoms with van der Waals surface area (Å²) in [6, 6.07) is 55.6. The molecule has 39 heteroatoms. The minimum atomic E-state index is -1.00. The Morgan fingerprint density at radius 2 is 0.760 bits per heavy atom. The van der Waals surface area contributed by atoms with Crippen molar-refractivity contribution in [3.05, 3.63) is 283 Å². The number of nitrogens with zero attached hydrogens (tertiary/aromatic N) is 6. The third-order valence-electron chi connectivity index (χ3n) is 16.4. The average Bonchev–Trinajstić information content (AvgIpc) is 0.874. The predicted molar refractivity (Wildman–Crippen MR) is 462 cm³/mol. The number of carbonyl (C=O) groups is 8. The molecular formula is C86H104ClN15O23. The summed E-state index contributed by atoms with van der Waals surface area (Å²) < 4.78 is 19.6. The van der Waals surface area contributed by atoms with Crippen LogP contribution in [0.3, 0.4) is 0 Å². The molecule has 6 amide bonds. The molecule has 0 aliphatic rings. The van der Waals surface area contributed by atoms with Gasteiger partial charge in [-0.3, -0.25) is 64.5 Å². The quantitative estimate of drug-likeness (QED) is 0.00764. The van der Waals surface area contributed by atoms with Gasteiger partial charge in [-0.05, 0) is 157 Å². The first-order valence-corrected chi connectivity index (χ1v) is 39.1. The van der Waals surface area contributed by atoms with Gasteiger partial charge in [-0.15, -0.1) is 0 Å². The Morgan fingerprint density at radius 3 is 1.06 bits per heavy atom. The molecule has 4 atom stereocenters. The highest BCUT2D eigenvalue weighted by Crippen LogP contribution is 2.23. The van der Waals surface area contributed by atoms with E-state index in [4.69, 9.17) is 58.3 Å². The number of nitrogens with two attached hydrogens (primary N) is 3. The lowest BCUT2D eigenvalue weighted by molar-refractivity contribution is -0.385. The van der Waals surface area contributed by atoms with Crippen molar-refractivity contribution in [2.24, 2.45) is 23.1 Å². The molecule has 3 unspecified atom stereocenters. The maximum Gasteiger partial charge on any atom is 0.408 e. The summed E-state index contributed by atoms with van der Waals surface area (Å²) in [7, 11) is 0. The van der Waals surface area contributed by atoms with E-state index in [1.54, 1.807) is 45.4 Å². The Kier molecular flexibility index (Phi) is 46.9. The van der Waals surface area contributed by atoms with Crippen LogP contribution in [0, 0.1) is 36.3 Å². The largest absolute Gasteiger partial charge is 0.481 e. The summed E-state index contributed by atoms with van der Waals surface area (Å²) in [6.07, 6.45) is 0.447. The van der Waals surface area contributed by atoms with E-state index >= 15 is 0 Å². The lowest BCUT2D eigenvalue weighted by Crippen LogP contribution is -2.50. The summed E-state index contributed by atoms with van der Waals surface area (Å²) >= 11 is 4.94. The Hall–Kier alpha value is -13.9. The van der Waals surface area contributed by atoms with Gasteiger partial charge in [0.1, 0.15) is 31.5 Å². The number of nitrogens with one attached hydrogen (secondary N) is 6. The van der Waals surface area contributed by atoms with Crippen molar-refractivity contribution in [2.75, 3.05) is 52.4 Å². The normalized spacial score (nSPS) is 11.4. The number of aliphatic carboxylic acids is 1. The molecule has 6 aromatic carbocycles. The Labute approximate surface area is 725 Å². The van der Waals surface area contributed by atoms with E-state index < -0.39 is 86.4 Å². The Bertz CT molecular complexity index is 4830. The maximum atomic E-state index is 12.6. The lowest BCUT2D eigenvalue weighted by Gasteiger charge is -2.24. The van der Waals surface area contributed by atoms with Gasteiger partial charge in [-0.25, -0.2) is 19.2 Å². The van der Waals surface area contributed by atoms with E-state index in [2.05, 4.69) is 51.6 Å². The topological polar surface area (TPSA) is 593 Å². The fourth-order valence-corrected chi connectivity index (χ4v) is 10.2. The molecule has 9 rings (SSSR count). The first-order valence-electron chi connectivity index (χ1n) is 38.7. The fraction of sp³-hybridized carbons (Fsp3) is 0.314. The second-order valence-corrected chi connectivity index (χ2v) is 28.7. The van der Waals surface area contributed by atoms with Crippen molar-refractivity contribution in [2.45, 2.75) is 116 Å². The van der Waals surface area contributed by atoms with Crippen LogP contribution in [0.2, 0.25) is 0 Å². The Balaban J connectivity index is 0.000000337. The van der Waals surface area contributed by atoms with E-state index in [1.807, 2.05) is 135 Å². The Morgan fingerprint density at radius 1 is 0.424 bits per heavy atom. The zero-order valence-electron chi connectivity index (χ0n) is 69.2. The summed E-state index contributed by atoms with van der Waals surface area (Å²) in [5.41, 5.74) is 22.9. The van der Waals surface area contributed by atoms with Crippen LogP contribution in [0.1, 0.15) is 74.4 Å². The molecule has 3 aromatic heterocycles. The zero-order chi connectivity index (χ0) is 92.2. The average molecular weight is 1750 g/mol. The number of nitro benzene ring substituents is 3. The van der Waals surface area contributed by atoms with Crippen LogP contribution in [-0.4, -0.2) is 191 Å².